The summed E-state index contributed by atoms with van der Waals surface area (Å²) in [6.45, 7) is 5.85. The molecule has 6 N–H and O–H groups in total. The number of aliphatic hydroxyl groups is 1. The van der Waals surface area contributed by atoms with E-state index in [-0.39, 0.29) is 43.3 Å². The van der Waals surface area contributed by atoms with Gasteiger partial charge in [0.15, 0.2) is 0 Å². The molecule has 52 heavy (non-hydrogen) atoms. The normalized spacial score (nSPS) is 14.6. The summed E-state index contributed by atoms with van der Waals surface area (Å²) >= 11 is 0. The zero-order chi connectivity index (χ0) is 38.0. The lowest BCUT2D eigenvalue weighted by Crippen LogP contribution is -2.49. The minimum absolute atomic E-state index is 0.0893. The van der Waals surface area contributed by atoms with Gasteiger partial charge < -0.3 is 16.2 Å². The fourth-order valence-electron chi connectivity index (χ4n) is 5.61. The van der Waals surface area contributed by atoms with E-state index < -0.39 is 53.0 Å². The number of hydrazine groups is 1. The van der Waals surface area contributed by atoms with Crippen molar-refractivity contribution in [2.75, 3.05) is 6.54 Å². The third kappa shape index (κ3) is 10.9. The number of carbonyl (C=O) groups excluding carboxylic acids is 5. The molecule has 1 aliphatic heterocycles. The molecule has 0 radical (unpaired) electrons. The average Bonchev–Trinajstić information content (AvgIpc) is 3.66. The number of aliphatic hydroxyl groups excluding tert-OH is 1. The number of aromatic nitrogens is 2. The first kappa shape index (κ1) is 39.5. The highest BCUT2D eigenvalue weighted by atomic mass is 19.1. The Bertz CT molecular complexity index is 1770. The van der Waals surface area contributed by atoms with Crippen molar-refractivity contribution in [3.63, 3.8) is 0 Å². The summed E-state index contributed by atoms with van der Waals surface area (Å²) in [4.78, 5) is 62.3. The molecule has 0 aliphatic carbocycles. The lowest BCUT2D eigenvalue weighted by molar-refractivity contribution is -0.137. The summed E-state index contributed by atoms with van der Waals surface area (Å²) in [5.41, 5.74) is 11.7. The molecule has 0 fully saturated rings. The minimum Gasteiger partial charge on any atom is -0.383 e. The number of imide groups is 1. The van der Waals surface area contributed by atoms with Crippen LogP contribution in [0.25, 0.3) is 5.69 Å². The molecular formula is C37H45F2N7O6. The lowest BCUT2D eigenvalue weighted by atomic mass is 9.82. The number of benzene rings is 2. The van der Waals surface area contributed by atoms with Crippen molar-refractivity contribution in [2.45, 2.75) is 83.9 Å². The third-order valence-corrected chi connectivity index (χ3v) is 8.54. The summed E-state index contributed by atoms with van der Waals surface area (Å²) in [6.07, 6.45) is 4.23. The van der Waals surface area contributed by atoms with Crippen molar-refractivity contribution in [3.05, 3.63) is 95.3 Å². The van der Waals surface area contributed by atoms with Crippen molar-refractivity contribution < 1.29 is 37.9 Å². The maximum atomic E-state index is 14.8. The quantitative estimate of drug-likeness (QED) is 0.0848. The van der Waals surface area contributed by atoms with Gasteiger partial charge in [-0.25, -0.2) is 13.5 Å². The van der Waals surface area contributed by atoms with Gasteiger partial charge in [-0.15, -0.1) is 0 Å². The molecule has 0 saturated carbocycles. The van der Waals surface area contributed by atoms with E-state index in [9.17, 15) is 37.9 Å². The van der Waals surface area contributed by atoms with E-state index in [0.29, 0.717) is 36.9 Å². The maximum Gasteiger partial charge on any atom is 0.255 e. The van der Waals surface area contributed by atoms with E-state index in [1.165, 1.54) is 16.8 Å². The van der Waals surface area contributed by atoms with Gasteiger partial charge in [0, 0.05) is 49.4 Å². The van der Waals surface area contributed by atoms with Crippen LogP contribution in [0.2, 0.25) is 0 Å². The van der Waals surface area contributed by atoms with Crippen molar-refractivity contribution >= 4 is 29.5 Å². The van der Waals surface area contributed by atoms with E-state index in [4.69, 9.17) is 5.73 Å². The topological polar surface area (TPSA) is 189 Å². The van der Waals surface area contributed by atoms with E-state index in [1.807, 2.05) is 51.1 Å². The van der Waals surface area contributed by atoms with Gasteiger partial charge in [0.1, 0.15) is 23.4 Å². The van der Waals surface area contributed by atoms with Crippen LogP contribution in [0.15, 0.2) is 66.9 Å². The van der Waals surface area contributed by atoms with E-state index in [1.54, 1.807) is 6.20 Å². The first-order valence-electron chi connectivity index (χ1n) is 17.1. The van der Waals surface area contributed by atoms with Crippen LogP contribution < -0.4 is 21.9 Å². The third-order valence-electron chi connectivity index (χ3n) is 8.54. The maximum absolute atomic E-state index is 14.8. The minimum atomic E-state index is -1.56. The van der Waals surface area contributed by atoms with Crippen LogP contribution in [0, 0.1) is 17.0 Å². The predicted octanol–water partition coefficient (Wildman–Crippen LogP) is 3.05. The number of rotatable bonds is 16. The number of hydrogen-bond acceptors (Lipinski definition) is 8. The number of carbonyl (C=O) groups is 5. The SMILES string of the molecule is CC(C)(C)[C@@H](NC(=O)C(O)CC[C@H](N)C(=O)NNC(=O)CCCCCN1C(=O)C=CC1=O)c1nn(-c2cc(F)ccc2F)cc1Cc1ccccc1. The molecule has 278 valence electrons. The Morgan fingerprint density at radius 1 is 0.923 bits per heavy atom. The van der Waals surface area contributed by atoms with Crippen LogP contribution in [0.3, 0.4) is 0 Å². The molecule has 3 aromatic rings. The molecule has 4 rings (SSSR count). The summed E-state index contributed by atoms with van der Waals surface area (Å²) < 4.78 is 30.2. The van der Waals surface area contributed by atoms with Crippen LogP contribution in [0.5, 0.6) is 0 Å². The van der Waals surface area contributed by atoms with Gasteiger partial charge >= 0.3 is 0 Å². The van der Waals surface area contributed by atoms with Gasteiger partial charge in [-0.05, 0) is 48.8 Å². The van der Waals surface area contributed by atoms with Crippen LogP contribution in [-0.2, 0) is 30.4 Å². The van der Waals surface area contributed by atoms with Crippen molar-refractivity contribution in [3.8, 4) is 5.69 Å². The smallest absolute Gasteiger partial charge is 0.255 e. The second-order valence-corrected chi connectivity index (χ2v) is 13.8. The number of hydrogen-bond donors (Lipinski definition) is 5. The van der Waals surface area contributed by atoms with Crippen molar-refractivity contribution in [1.29, 1.82) is 0 Å². The first-order valence-corrected chi connectivity index (χ1v) is 17.1. The van der Waals surface area contributed by atoms with E-state index >= 15 is 0 Å². The summed E-state index contributed by atoms with van der Waals surface area (Å²) in [6, 6.07) is 10.6. The fourth-order valence-corrected chi connectivity index (χ4v) is 5.61. The summed E-state index contributed by atoms with van der Waals surface area (Å²) in [5.74, 6) is -3.97. The zero-order valence-electron chi connectivity index (χ0n) is 29.4. The molecule has 1 aromatic heterocycles. The second kappa shape index (κ2) is 17.8. The number of unbranched alkanes of at least 4 members (excludes halogenated alkanes) is 2. The van der Waals surface area contributed by atoms with E-state index in [0.717, 1.165) is 28.7 Å². The highest BCUT2D eigenvalue weighted by Crippen LogP contribution is 2.35. The molecule has 1 unspecified atom stereocenters. The first-order chi connectivity index (χ1) is 24.6. The lowest BCUT2D eigenvalue weighted by Gasteiger charge is -2.32. The zero-order valence-corrected chi connectivity index (χ0v) is 29.4. The molecule has 15 heteroatoms. The van der Waals surface area contributed by atoms with Crippen LogP contribution in [0.4, 0.5) is 8.78 Å². The Hall–Kier alpha value is -5.28. The average molecular weight is 722 g/mol. The number of halogens is 2. The Balaban J connectivity index is 1.31. The number of amides is 5. The standard InChI is InChI=1S/C37H45F2N7O6/c1-37(2,3)34(33-24(20-23-10-6-4-7-11-23)22-46(44-33)28-21-25(38)13-14-26(28)39)41-36(52)29(47)16-15-27(40)35(51)43-42-30(48)12-8-5-9-19-45-31(49)17-18-32(45)50/h4,6-7,10-11,13-14,17-18,21-22,27,29,34,47H,5,8-9,12,15-16,19-20,40H2,1-3H3,(H,41,52)(H,42,48)(H,43,51)/t27-,29?,34-/m0/s1. The van der Waals surface area contributed by atoms with Crippen LogP contribution in [0.1, 0.15) is 82.2 Å². The van der Waals surface area contributed by atoms with Gasteiger partial charge in [0.25, 0.3) is 17.7 Å². The predicted molar refractivity (Wildman–Crippen MR) is 187 cm³/mol. The second-order valence-electron chi connectivity index (χ2n) is 13.8. The highest BCUT2D eigenvalue weighted by Gasteiger charge is 2.34. The molecule has 5 amide bonds. The Labute approximate surface area is 300 Å². The van der Waals surface area contributed by atoms with Gasteiger partial charge in [-0.1, -0.05) is 57.5 Å². The van der Waals surface area contributed by atoms with E-state index in [2.05, 4.69) is 21.3 Å². The monoisotopic (exact) mass is 721 g/mol. The number of nitrogens with one attached hydrogen (secondary N) is 3. The van der Waals surface area contributed by atoms with Gasteiger partial charge in [-0.3, -0.25) is 39.7 Å². The molecular weight excluding hydrogens is 676 g/mol. The van der Waals surface area contributed by atoms with Gasteiger partial charge in [0.05, 0.1) is 17.8 Å². The van der Waals surface area contributed by atoms with Gasteiger partial charge in [0.2, 0.25) is 11.8 Å². The molecule has 0 saturated heterocycles. The molecule has 3 atom stereocenters. The van der Waals surface area contributed by atoms with Gasteiger partial charge in [-0.2, -0.15) is 5.10 Å². The van der Waals surface area contributed by atoms with Crippen LogP contribution >= 0.6 is 0 Å². The number of nitrogens with zero attached hydrogens (tertiary/aromatic N) is 3. The molecule has 0 spiro atoms. The molecule has 0 bridgehead atoms. The number of nitrogens with two attached hydrogens (primary N) is 1. The van der Waals surface area contributed by atoms with Crippen molar-refractivity contribution in [2.24, 2.45) is 11.1 Å². The summed E-state index contributed by atoms with van der Waals surface area (Å²) in [7, 11) is 0. The Morgan fingerprint density at radius 3 is 2.29 bits per heavy atom. The van der Waals surface area contributed by atoms with Crippen molar-refractivity contribution in [1.82, 2.24) is 30.8 Å². The molecule has 2 aromatic carbocycles. The summed E-state index contributed by atoms with van der Waals surface area (Å²) in [5, 5.41) is 18.3. The van der Waals surface area contributed by atoms with Crippen LogP contribution in [-0.4, -0.2) is 68.0 Å². The molecule has 2 heterocycles. The largest absolute Gasteiger partial charge is 0.383 e. The molecule has 13 nitrogen and oxygen atoms in total. The Kier molecular flexibility index (Phi) is 13.5. The molecule has 1 aliphatic rings. The Morgan fingerprint density at radius 2 is 1.62 bits per heavy atom. The highest BCUT2D eigenvalue weighted by molar-refractivity contribution is 6.12. The fraction of sp³-hybridized carbons (Fsp3) is 0.405.